The molecule has 1 aliphatic rings. The summed E-state index contributed by atoms with van der Waals surface area (Å²) < 4.78 is 11.9. The highest BCUT2D eigenvalue weighted by Gasteiger charge is 2.24. The number of amides is 1. The van der Waals surface area contributed by atoms with E-state index < -0.39 is 11.7 Å². The molecule has 1 N–H and O–H groups in total. The Morgan fingerprint density at radius 2 is 2.21 bits per heavy atom. The number of carbonyl (C=O) groups is 1. The second-order valence-corrected chi connectivity index (χ2v) is 6.53. The molecular formula is C14H18BrNO3. The predicted molar refractivity (Wildman–Crippen MR) is 76.5 cm³/mol. The van der Waals surface area contributed by atoms with E-state index >= 15 is 0 Å². The van der Waals surface area contributed by atoms with Gasteiger partial charge in [-0.3, -0.25) is 0 Å². The van der Waals surface area contributed by atoms with E-state index in [0.29, 0.717) is 6.61 Å². The minimum atomic E-state index is -0.486. The van der Waals surface area contributed by atoms with E-state index in [4.69, 9.17) is 9.47 Å². The van der Waals surface area contributed by atoms with Crippen molar-refractivity contribution in [2.45, 2.75) is 38.8 Å². The summed E-state index contributed by atoms with van der Waals surface area (Å²) in [6, 6.07) is 5.83. The molecule has 0 aliphatic carbocycles. The number of nitrogens with one attached hydrogen (secondary N) is 1. The van der Waals surface area contributed by atoms with Gasteiger partial charge < -0.3 is 14.8 Å². The van der Waals surface area contributed by atoms with Crippen LogP contribution in [0.5, 0.6) is 5.75 Å². The molecule has 1 amide bonds. The molecule has 1 unspecified atom stereocenters. The van der Waals surface area contributed by atoms with Gasteiger partial charge in [-0.2, -0.15) is 0 Å². The fourth-order valence-corrected chi connectivity index (χ4v) is 2.34. The van der Waals surface area contributed by atoms with E-state index in [-0.39, 0.29) is 6.04 Å². The summed E-state index contributed by atoms with van der Waals surface area (Å²) in [5, 5.41) is 2.83. The van der Waals surface area contributed by atoms with Crippen molar-refractivity contribution in [2.24, 2.45) is 0 Å². The van der Waals surface area contributed by atoms with E-state index in [1.54, 1.807) is 0 Å². The SMILES string of the molecule is CC(C)(C)OC(=O)NC1COc2ccc(Br)cc2C1. The molecule has 1 aromatic rings. The zero-order chi connectivity index (χ0) is 14.0. The van der Waals surface area contributed by atoms with Gasteiger partial charge in [0.2, 0.25) is 0 Å². The van der Waals surface area contributed by atoms with Crippen molar-refractivity contribution in [3.05, 3.63) is 28.2 Å². The quantitative estimate of drug-likeness (QED) is 0.861. The highest BCUT2D eigenvalue weighted by atomic mass is 79.9. The van der Waals surface area contributed by atoms with Gasteiger partial charge in [0.05, 0.1) is 6.04 Å². The number of hydrogen-bond donors (Lipinski definition) is 1. The molecule has 1 aromatic carbocycles. The molecular weight excluding hydrogens is 310 g/mol. The standard InChI is InChI=1S/C14H18BrNO3/c1-14(2,3)19-13(17)16-11-7-9-6-10(15)4-5-12(9)18-8-11/h4-6,11H,7-8H2,1-3H3,(H,16,17). The zero-order valence-corrected chi connectivity index (χ0v) is 12.9. The Labute approximate surface area is 121 Å². The van der Waals surface area contributed by atoms with Crippen LogP contribution in [0.25, 0.3) is 0 Å². The molecule has 0 fully saturated rings. The number of alkyl carbamates (subject to hydrolysis) is 1. The average molecular weight is 328 g/mol. The lowest BCUT2D eigenvalue weighted by Crippen LogP contribution is -2.44. The van der Waals surface area contributed by atoms with Crippen LogP contribution in [0.4, 0.5) is 4.79 Å². The Morgan fingerprint density at radius 1 is 1.47 bits per heavy atom. The Balaban J connectivity index is 1.96. The van der Waals surface area contributed by atoms with E-state index in [1.807, 2.05) is 39.0 Å². The maximum atomic E-state index is 11.7. The largest absolute Gasteiger partial charge is 0.491 e. The Bertz CT molecular complexity index is 482. The lowest BCUT2D eigenvalue weighted by Gasteiger charge is -2.27. The molecule has 19 heavy (non-hydrogen) atoms. The van der Waals surface area contributed by atoms with Crippen molar-refractivity contribution < 1.29 is 14.3 Å². The van der Waals surface area contributed by atoms with Crippen LogP contribution in [0.1, 0.15) is 26.3 Å². The zero-order valence-electron chi connectivity index (χ0n) is 11.3. The van der Waals surface area contributed by atoms with Gasteiger partial charge in [-0.05, 0) is 51.0 Å². The van der Waals surface area contributed by atoms with Gasteiger partial charge in [-0.1, -0.05) is 15.9 Å². The van der Waals surface area contributed by atoms with Crippen LogP contribution in [0.2, 0.25) is 0 Å². The minimum absolute atomic E-state index is 0.0587. The van der Waals surface area contributed by atoms with Crippen LogP contribution in [-0.4, -0.2) is 24.3 Å². The van der Waals surface area contributed by atoms with Gasteiger partial charge in [0.25, 0.3) is 0 Å². The molecule has 1 atom stereocenters. The predicted octanol–water partition coefficient (Wildman–Crippen LogP) is 3.28. The maximum Gasteiger partial charge on any atom is 0.408 e. The van der Waals surface area contributed by atoms with E-state index in [1.165, 1.54) is 0 Å². The third kappa shape index (κ3) is 4.13. The summed E-state index contributed by atoms with van der Waals surface area (Å²) in [4.78, 5) is 11.7. The molecule has 0 radical (unpaired) electrons. The highest BCUT2D eigenvalue weighted by Crippen LogP contribution is 2.27. The first-order valence-electron chi connectivity index (χ1n) is 6.24. The van der Waals surface area contributed by atoms with Gasteiger partial charge in [0.15, 0.2) is 0 Å². The van der Waals surface area contributed by atoms with Gasteiger partial charge in [-0.25, -0.2) is 4.79 Å². The smallest absolute Gasteiger partial charge is 0.408 e. The topological polar surface area (TPSA) is 47.6 Å². The summed E-state index contributed by atoms with van der Waals surface area (Å²) in [7, 11) is 0. The molecule has 1 aliphatic heterocycles. The van der Waals surface area contributed by atoms with E-state index in [0.717, 1.165) is 22.2 Å². The van der Waals surface area contributed by atoms with Crippen LogP contribution in [0.3, 0.4) is 0 Å². The van der Waals surface area contributed by atoms with Crippen LogP contribution < -0.4 is 10.1 Å². The summed E-state index contributed by atoms with van der Waals surface area (Å²) >= 11 is 3.43. The van der Waals surface area contributed by atoms with Gasteiger partial charge in [0.1, 0.15) is 18.0 Å². The normalized spacial score (nSPS) is 18.2. The number of halogens is 1. The fraction of sp³-hybridized carbons (Fsp3) is 0.500. The first kappa shape index (κ1) is 14.2. The summed E-state index contributed by atoms with van der Waals surface area (Å²) in [6.45, 7) is 6.00. The van der Waals surface area contributed by atoms with Crippen molar-refractivity contribution in [2.75, 3.05) is 6.61 Å². The monoisotopic (exact) mass is 327 g/mol. The number of benzene rings is 1. The van der Waals surface area contributed by atoms with Crippen molar-refractivity contribution in [1.29, 1.82) is 0 Å². The van der Waals surface area contributed by atoms with Gasteiger partial charge in [-0.15, -0.1) is 0 Å². The lowest BCUT2D eigenvalue weighted by molar-refractivity contribution is 0.0482. The first-order valence-corrected chi connectivity index (χ1v) is 7.03. The van der Waals surface area contributed by atoms with E-state index in [2.05, 4.69) is 21.2 Å². The molecule has 104 valence electrons. The average Bonchev–Trinajstić information content (AvgIpc) is 2.25. The highest BCUT2D eigenvalue weighted by molar-refractivity contribution is 9.10. The third-order valence-electron chi connectivity index (χ3n) is 2.65. The fourth-order valence-electron chi connectivity index (χ4n) is 1.93. The molecule has 0 spiro atoms. The molecule has 0 saturated carbocycles. The minimum Gasteiger partial charge on any atom is -0.491 e. The third-order valence-corrected chi connectivity index (χ3v) is 3.14. The lowest BCUT2D eigenvalue weighted by atomic mass is 10.0. The van der Waals surface area contributed by atoms with Crippen LogP contribution in [-0.2, 0) is 11.2 Å². The molecule has 0 bridgehead atoms. The van der Waals surface area contributed by atoms with Crippen LogP contribution in [0, 0.1) is 0 Å². The number of carbonyl (C=O) groups excluding carboxylic acids is 1. The number of ether oxygens (including phenoxy) is 2. The Hall–Kier alpha value is -1.23. The Kier molecular flexibility index (Phi) is 4.04. The molecule has 4 nitrogen and oxygen atoms in total. The van der Waals surface area contributed by atoms with Gasteiger partial charge >= 0.3 is 6.09 Å². The van der Waals surface area contributed by atoms with Crippen LogP contribution in [0.15, 0.2) is 22.7 Å². The molecule has 2 rings (SSSR count). The van der Waals surface area contributed by atoms with Crippen molar-refractivity contribution in [1.82, 2.24) is 5.32 Å². The molecule has 0 aromatic heterocycles. The summed E-state index contributed by atoms with van der Waals surface area (Å²) in [5.74, 6) is 0.880. The van der Waals surface area contributed by atoms with Gasteiger partial charge in [0, 0.05) is 4.47 Å². The maximum absolute atomic E-state index is 11.7. The van der Waals surface area contributed by atoms with Crippen molar-refractivity contribution >= 4 is 22.0 Å². The molecule has 0 saturated heterocycles. The Morgan fingerprint density at radius 3 is 2.89 bits per heavy atom. The van der Waals surface area contributed by atoms with Crippen molar-refractivity contribution in [3.8, 4) is 5.75 Å². The summed E-state index contributed by atoms with van der Waals surface area (Å²) in [5.41, 5.74) is 0.599. The van der Waals surface area contributed by atoms with E-state index in [9.17, 15) is 4.79 Å². The second-order valence-electron chi connectivity index (χ2n) is 5.61. The first-order chi connectivity index (χ1) is 8.83. The molecule has 5 heteroatoms. The van der Waals surface area contributed by atoms with Crippen molar-refractivity contribution in [3.63, 3.8) is 0 Å². The molecule has 1 heterocycles. The summed E-state index contributed by atoms with van der Waals surface area (Å²) in [6.07, 6.45) is 0.341. The number of hydrogen-bond acceptors (Lipinski definition) is 3. The van der Waals surface area contributed by atoms with Crippen LogP contribution >= 0.6 is 15.9 Å². The number of rotatable bonds is 1. The number of fused-ring (bicyclic) bond motifs is 1. The second kappa shape index (κ2) is 5.41.